The molecule has 0 amide bonds. The number of hydrogen-bond donors (Lipinski definition) is 0. The fraction of sp³-hybridized carbons (Fsp3) is 0.0385. The molecule has 2 aromatic heterocycles. The molecule has 11 rings (SSSR count). The highest BCUT2D eigenvalue weighted by atomic mass is 32.1. The van der Waals surface area contributed by atoms with E-state index < -0.39 is 0 Å². The topological polar surface area (TPSA) is 6.48 Å². The van der Waals surface area contributed by atoms with Gasteiger partial charge < -0.3 is 9.80 Å². The van der Waals surface area contributed by atoms with Crippen molar-refractivity contribution in [3.8, 4) is 0 Å². The van der Waals surface area contributed by atoms with E-state index in [9.17, 15) is 0 Å². The van der Waals surface area contributed by atoms with E-state index in [1.54, 1.807) is 0 Å². The van der Waals surface area contributed by atoms with Gasteiger partial charge in [-0.25, -0.2) is 0 Å². The van der Waals surface area contributed by atoms with E-state index in [0.29, 0.717) is 0 Å². The van der Waals surface area contributed by atoms with Crippen LogP contribution < -0.4 is 9.80 Å². The van der Waals surface area contributed by atoms with Crippen LogP contribution in [0.25, 0.3) is 61.9 Å². The van der Waals surface area contributed by atoms with Crippen LogP contribution in [0.1, 0.15) is 11.1 Å². The first-order valence-electron chi connectivity index (χ1n) is 19.1. The molecule has 0 saturated carbocycles. The van der Waals surface area contributed by atoms with Crippen molar-refractivity contribution in [3.05, 3.63) is 193 Å². The Balaban J connectivity index is 1.06. The fourth-order valence-electron chi connectivity index (χ4n) is 8.60. The molecule has 2 nitrogen and oxygen atoms in total. The number of rotatable bonds is 6. The van der Waals surface area contributed by atoms with E-state index in [1.807, 2.05) is 22.7 Å². The predicted molar refractivity (Wildman–Crippen MR) is 246 cm³/mol. The second-order valence-electron chi connectivity index (χ2n) is 14.6. The summed E-state index contributed by atoms with van der Waals surface area (Å²) < 4.78 is 5.37. The summed E-state index contributed by atoms with van der Waals surface area (Å²) in [5, 5.41) is 10.5. The van der Waals surface area contributed by atoms with Crippen LogP contribution >= 0.6 is 22.7 Å². The largest absolute Gasteiger partial charge is 0.310 e. The number of nitrogens with zero attached hydrogens (tertiary/aromatic N) is 2. The smallest absolute Gasteiger partial charge is 0.0490 e. The summed E-state index contributed by atoms with van der Waals surface area (Å²) in [6, 6.07) is 66.7. The van der Waals surface area contributed by atoms with Gasteiger partial charge in [-0.15, -0.1) is 22.7 Å². The second-order valence-corrected chi connectivity index (χ2v) is 16.7. The number of benzene rings is 9. The molecule has 0 aliphatic carbocycles. The molecule has 9 aromatic carbocycles. The van der Waals surface area contributed by atoms with E-state index >= 15 is 0 Å². The molecule has 266 valence electrons. The van der Waals surface area contributed by atoms with E-state index in [4.69, 9.17) is 0 Å². The SMILES string of the molecule is Cc1ccccc1N(c1ccccc1)c1ccc2c(ccc3c2sc2ccc4sc5c6ccc(N(c7ccccc7)c7ccccc7C)cc6ccc5c4c23)c1. The summed E-state index contributed by atoms with van der Waals surface area (Å²) in [5.74, 6) is 0. The lowest BCUT2D eigenvalue weighted by Crippen LogP contribution is -2.11. The van der Waals surface area contributed by atoms with E-state index in [2.05, 4.69) is 206 Å². The number of fused-ring (bicyclic) bond motifs is 11. The monoisotopic (exact) mass is 752 g/mol. The average molecular weight is 753 g/mol. The van der Waals surface area contributed by atoms with E-state index in [-0.39, 0.29) is 0 Å². The Morgan fingerprint density at radius 1 is 0.339 bits per heavy atom. The summed E-state index contributed by atoms with van der Waals surface area (Å²) in [6.07, 6.45) is 0. The second kappa shape index (κ2) is 13.1. The number of thiophene rings is 2. The minimum Gasteiger partial charge on any atom is -0.310 e. The molecule has 0 saturated heterocycles. The molecule has 11 aromatic rings. The van der Waals surface area contributed by atoms with E-state index in [1.165, 1.54) is 84.4 Å². The Morgan fingerprint density at radius 2 is 0.732 bits per heavy atom. The molecule has 0 aliphatic heterocycles. The van der Waals surface area contributed by atoms with Crippen LogP contribution in [0.5, 0.6) is 0 Å². The highest BCUT2D eigenvalue weighted by Gasteiger charge is 2.20. The molecule has 56 heavy (non-hydrogen) atoms. The van der Waals surface area contributed by atoms with Crippen LogP contribution in [0, 0.1) is 13.8 Å². The molecule has 0 unspecified atom stereocenters. The maximum Gasteiger partial charge on any atom is 0.0490 e. The van der Waals surface area contributed by atoms with Crippen molar-refractivity contribution in [2.45, 2.75) is 13.8 Å². The third-order valence-electron chi connectivity index (χ3n) is 11.3. The molecular weight excluding hydrogens is 717 g/mol. The maximum atomic E-state index is 2.38. The summed E-state index contributed by atoms with van der Waals surface area (Å²) in [5.41, 5.74) is 9.49. The van der Waals surface area contributed by atoms with Crippen LogP contribution in [-0.4, -0.2) is 0 Å². The Bertz CT molecular complexity index is 3070. The van der Waals surface area contributed by atoms with Gasteiger partial charge in [-0.2, -0.15) is 0 Å². The zero-order chi connectivity index (χ0) is 37.3. The first kappa shape index (κ1) is 32.9. The fourth-order valence-corrected chi connectivity index (χ4v) is 11.1. The van der Waals surface area contributed by atoms with Crippen molar-refractivity contribution >= 4 is 119 Å². The summed E-state index contributed by atoms with van der Waals surface area (Å²) in [7, 11) is 0. The molecule has 2 heterocycles. The quantitative estimate of drug-likeness (QED) is 0.167. The summed E-state index contributed by atoms with van der Waals surface area (Å²) in [4.78, 5) is 4.75. The number of anilines is 6. The maximum absolute atomic E-state index is 2.38. The number of para-hydroxylation sites is 4. The van der Waals surface area contributed by atoms with Crippen molar-refractivity contribution in [1.29, 1.82) is 0 Å². The van der Waals surface area contributed by atoms with Gasteiger partial charge in [0.1, 0.15) is 0 Å². The third kappa shape index (κ3) is 5.21. The molecular formula is C52H36N2S2. The lowest BCUT2D eigenvalue weighted by Gasteiger charge is -2.27. The highest BCUT2D eigenvalue weighted by molar-refractivity contribution is 7.29. The van der Waals surface area contributed by atoms with Gasteiger partial charge >= 0.3 is 0 Å². The van der Waals surface area contributed by atoms with Gasteiger partial charge in [0.2, 0.25) is 0 Å². The zero-order valence-electron chi connectivity index (χ0n) is 31.0. The molecule has 0 atom stereocenters. The Kier molecular flexibility index (Phi) is 7.70. The van der Waals surface area contributed by atoms with Crippen molar-refractivity contribution < 1.29 is 0 Å². The van der Waals surface area contributed by atoms with Crippen LogP contribution in [0.15, 0.2) is 182 Å². The zero-order valence-corrected chi connectivity index (χ0v) is 32.7. The first-order valence-corrected chi connectivity index (χ1v) is 20.7. The highest BCUT2D eigenvalue weighted by Crippen LogP contribution is 2.49. The number of hydrogen-bond acceptors (Lipinski definition) is 4. The van der Waals surface area contributed by atoms with Gasteiger partial charge in [-0.05, 0) is 119 Å². The minimum atomic E-state index is 1.15. The molecule has 0 aliphatic rings. The van der Waals surface area contributed by atoms with Crippen molar-refractivity contribution in [2.75, 3.05) is 9.80 Å². The van der Waals surface area contributed by atoms with Crippen molar-refractivity contribution in [3.63, 3.8) is 0 Å². The molecule has 0 radical (unpaired) electrons. The lowest BCUT2D eigenvalue weighted by atomic mass is 10.00. The molecule has 0 bridgehead atoms. The van der Waals surface area contributed by atoms with E-state index in [0.717, 1.165) is 22.7 Å². The minimum absolute atomic E-state index is 1.15. The lowest BCUT2D eigenvalue weighted by molar-refractivity contribution is 1.25. The molecule has 0 spiro atoms. The van der Waals surface area contributed by atoms with Crippen LogP contribution in [-0.2, 0) is 0 Å². The van der Waals surface area contributed by atoms with Gasteiger partial charge in [0.05, 0.1) is 0 Å². The molecule has 4 heteroatoms. The van der Waals surface area contributed by atoms with Crippen LogP contribution in [0.4, 0.5) is 34.1 Å². The van der Waals surface area contributed by atoms with Crippen molar-refractivity contribution in [2.24, 2.45) is 0 Å². The first-order chi connectivity index (χ1) is 27.6. The Morgan fingerprint density at radius 3 is 1.16 bits per heavy atom. The molecule has 0 fully saturated rings. The Labute approximate surface area is 333 Å². The predicted octanol–water partition coefficient (Wildman–Crippen LogP) is 16.3. The van der Waals surface area contributed by atoms with Crippen molar-refractivity contribution in [1.82, 2.24) is 0 Å². The van der Waals surface area contributed by atoms with Gasteiger partial charge in [0, 0.05) is 74.5 Å². The van der Waals surface area contributed by atoms with Crippen LogP contribution in [0.2, 0.25) is 0 Å². The Hall–Kier alpha value is -6.46. The number of aryl methyl sites for hydroxylation is 2. The van der Waals surface area contributed by atoms with Gasteiger partial charge in [-0.1, -0.05) is 109 Å². The van der Waals surface area contributed by atoms with Gasteiger partial charge in [-0.3, -0.25) is 0 Å². The van der Waals surface area contributed by atoms with Gasteiger partial charge in [0.25, 0.3) is 0 Å². The normalized spacial score (nSPS) is 11.8. The average Bonchev–Trinajstić information content (AvgIpc) is 3.82. The summed E-state index contributed by atoms with van der Waals surface area (Å²) in [6.45, 7) is 4.38. The van der Waals surface area contributed by atoms with Gasteiger partial charge in [0.15, 0.2) is 0 Å². The molecule has 0 N–H and O–H groups in total. The standard InChI is InChI=1S/C52H36N2S2/c1-33-13-9-11-19-45(33)53(37-15-5-3-6-16-37)39-23-27-41-35(31-39)21-25-43-49-47(55-51(41)43)29-30-48-50(49)44-26-22-36-32-40(24-28-42(36)52(44)56-48)54(38-17-7-4-8-18-38)46-20-12-10-14-34(46)2/h3-32H,1-2H3. The van der Waals surface area contributed by atoms with Crippen LogP contribution in [0.3, 0.4) is 0 Å². The third-order valence-corrected chi connectivity index (χ3v) is 13.7. The summed E-state index contributed by atoms with van der Waals surface area (Å²) >= 11 is 3.84.